The average molecular weight is 324 g/mol. The lowest BCUT2D eigenvalue weighted by Gasteiger charge is -2.09. The van der Waals surface area contributed by atoms with Gasteiger partial charge in [0.2, 0.25) is 0 Å². The quantitative estimate of drug-likeness (QED) is 0.776. The van der Waals surface area contributed by atoms with Crippen LogP contribution < -0.4 is 5.56 Å². The van der Waals surface area contributed by atoms with E-state index in [0.717, 1.165) is 4.57 Å². The minimum Gasteiger partial charge on any atom is -0.462 e. The lowest BCUT2D eigenvalue weighted by Crippen LogP contribution is -2.27. The van der Waals surface area contributed by atoms with Gasteiger partial charge in [0.1, 0.15) is 11.4 Å². The van der Waals surface area contributed by atoms with Crippen molar-refractivity contribution in [2.45, 2.75) is 33.4 Å². The lowest BCUT2D eigenvalue weighted by molar-refractivity contribution is -0.148. The number of hydrogen-bond donors (Lipinski definition) is 0. The van der Waals surface area contributed by atoms with Gasteiger partial charge in [0.25, 0.3) is 5.56 Å². The van der Waals surface area contributed by atoms with Crippen molar-refractivity contribution < 1.29 is 19.1 Å². The predicted octanol–water partition coefficient (Wildman–Crippen LogP) is 1.59. The van der Waals surface area contributed by atoms with Crippen LogP contribution in [-0.4, -0.2) is 34.2 Å². The molecule has 7 nitrogen and oxygen atoms in total. The minimum atomic E-state index is -0.574. The summed E-state index contributed by atoms with van der Waals surface area (Å²) in [6, 6.07) is 0. The summed E-state index contributed by atoms with van der Waals surface area (Å²) >= 11 is 1.18. The van der Waals surface area contributed by atoms with Gasteiger partial charge >= 0.3 is 11.9 Å². The van der Waals surface area contributed by atoms with Crippen molar-refractivity contribution in [1.82, 2.24) is 9.55 Å². The molecule has 0 fully saturated rings. The van der Waals surface area contributed by atoms with E-state index in [4.69, 9.17) is 9.47 Å². The number of carbonyl (C=O) groups is 2. The summed E-state index contributed by atoms with van der Waals surface area (Å²) in [4.78, 5) is 40.5. The van der Waals surface area contributed by atoms with Crippen LogP contribution in [0.2, 0.25) is 0 Å². The number of esters is 2. The summed E-state index contributed by atoms with van der Waals surface area (Å²) in [5.74, 6) is -1.11. The Morgan fingerprint density at radius 3 is 2.77 bits per heavy atom. The minimum absolute atomic E-state index is 0.170. The van der Waals surface area contributed by atoms with E-state index in [0.29, 0.717) is 4.83 Å². The molecule has 0 aliphatic rings. The average Bonchev–Trinajstić information content (AvgIpc) is 2.86. The molecule has 2 aromatic heterocycles. The van der Waals surface area contributed by atoms with Gasteiger partial charge in [-0.2, -0.15) is 0 Å². The number of fused-ring (bicyclic) bond motifs is 1. The second-order valence-corrected chi connectivity index (χ2v) is 5.62. The van der Waals surface area contributed by atoms with Gasteiger partial charge in [0.05, 0.1) is 30.0 Å². The highest BCUT2D eigenvalue weighted by molar-refractivity contribution is 7.17. The van der Waals surface area contributed by atoms with Gasteiger partial charge in [-0.25, -0.2) is 9.78 Å². The highest BCUT2D eigenvalue weighted by Gasteiger charge is 2.19. The first-order valence-corrected chi connectivity index (χ1v) is 7.65. The zero-order chi connectivity index (χ0) is 16.3. The zero-order valence-electron chi connectivity index (χ0n) is 12.5. The molecule has 0 aromatic carbocycles. The van der Waals surface area contributed by atoms with Gasteiger partial charge in [-0.15, -0.1) is 11.3 Å². The third-order valence-electron chi connectivity index (χ3n) is 2.72. The summed E-state index contributed by atoms with van der Waals surface area (Å²) in [5.41, 5.74) is -0.291. The fourth-order valence-electron chi connectivity index (χ4n) is 1.88. The molecular formula is C14H16N2O5S. The highest BCUT2D eigenvalue weighted by Crippen LogP contribution is 2.21. The SMILES string of the molecule is CCOC(=O)c1csc2ncn(CC(=O)OC(C)C)c(=O)c12. The molecule has 0 saturated heterocycles. The molecule has 0 aliphatic heterocycles. The van der Waals surface area contributed by atoms with E-state index in [9.17, 15) is 14.4 Å². The molecule has 2 aromatic rings. The van der Waals surface area contributed by atoms with Gasteiger partial charge in [-0.05, 0) is 20.8 Å². The molecule has 0 amide bonds. The fourth-order valence-corrected chi connectivity index (χ4v) is 2.75. The van der Waals surface area contributed by atoms with Crippen molar-refractivity contribution in [2.75, 3.05) is 6.61 Å². The fraction of sp³-hybridized carbons (Fsp3) is 0.429. The Kier molecular flexibility index (Phi) is 4.92. The first-order chi connectivity index (χ1) is 10.4. The lowest BCUT2D eigenvalue weighted by atomic mass is 10.2. The first-order valence-electron chi connectivity index (χ1n) is 6.77. The normalized spacial score (nSPS) is 10.9. The Labute approximate surface area is 130 Å². The summed E-state index contributed by atoms with van der Waals surface area (Å²) in [7, 11) is 0. The maximum Gasteiger partial charge on any atom is 0.339 e. The Balaban J connectivity index is 2.40. The van der Waals surface area contributed by atoms with Gasteiger partial charge in [-0.1, -0.05) is 0 Å². The van der Waals surface area contributed by atoms with Gasteiger partial charge in [0.15, 0.2) is 0 Å². The Morgan fingerprint density at radius 2 is 2.14 bits per heavy atom. The monoisotopic (exact) mass is 324 g/mol. The molecule has 0 aliphatic carbocycles. The topological polar surface area (TPSA) is 87.5 Å². The predicted molar refractivity (Wildman–Crippen MR) is 81.1 cm³/mol. The smallest absolute Gasteiger partial charge is 0.339 e. The number of ether oxygens (including phenoxy) is 2. The largest absolute Gasteiger partial charge is 0.462 e. The van der Waals surface area contributed by atoms with Crippen LogP contribution in [0.5, 0.6) is 0 Å². The van der Waals surface area contributed by atoms with Gasteiger partial charge in [-0.3, -0.25) is 14.2 Å². The number of carbonyl (C=O) groups excluding carboxylic acids is 2. The van der Waals surface area contributed by atoms with E-state index in [2.05, 4.69) is 4.98 Å². The maximum atomic E-state index is 12.5. The molecule has 0 bridgehead atoms. The Morgan fingerprint density at radius 1 is 1.41 bits per heavy atom. The van der Waals surface area contributed by atoms with Crippen molar-refractivity contribution in [3.05, 3.63) is 27.6 Å². The van der Waals surface area contributed by atoms with Crippen LogP contribution in [0, 0.1) is 0 Å². The molecule has 2 rings (SSSR count). The zero-order valence-corrected chi connectivity index (χ0v) is 13.3. The van der Waals surface area contributed by atoms with Crippen molar-refractivity contribution >= 4 is 33.5 Å². The molecule has 0 saturated carbocycles. The third-order valence-corrected chi connectivity index (χ3v) is 3.61. The summed E-state index contributed by atoms with van der Waals surface area (Å²) in [5, 5.41) is 1.71. The van der Waals surface area contributed by atoms with E-state index in [1.54, 1.807) is 20.8 Å². The van der Waals surface area contributed by atoms with E-state index >= 15 is 0 Å². The van der Waals surface area contributed by atoms with Crippen LogP contribution in [0.15, 0.2) is 16.5 Å². The molecule has 0 atom stereocenters. The van der Waals surface area contributed by atoms with Gasteiger partial charge in [0, 0.05) is 5.38 Å². The van der Waals surface area contributed by atoms with Crippen LogP contribution in [0.3, 0.4) is 0 Å². The van der Waals surface area contributed by atoms with Crippen molar-refractivity contribution in [2.24, 2.45) is 0 Å². The maximum absolute atomic E-state index is 12.5. The molecule has 8 heteroatoms. The third kappa shape index (κ3) is 3.33. The molecule has 2 heterocycles. The number of aromatic nitrogens is 2. The molecule has 22 heavy (non-hydrogen) atoms. The Bertz CT molecular complexity index is 762. The molecular weight excluding hydrogens is 308 g/mol. The number of thiophene rings is 1. The van der Waals surface area contributed by atoms with Crippen LogP contribution in [0.25, 0.3) is 10.2 Å². The number of nitrogens with zero attached hydrogens (tertiary/aromatic N) is 2. The van der Waals surface area contributed by atoms with Crippen molar-refractivity contribution in [1.29, 1.82) is 0 Å². The van der Waals surface area contributed by atoms with E-state index in [1.807, 2.05) is 0 Å². The second-order valence-electron chi connectivity index (χ2n) is 4.77. The summed E-state index contributed by atoms with van der Waals surface area (Å²) in [6.45, 7) is 5.09. The van der Waals surface area contributed by atoms with Gasteiger partial charge < -0.3 is 9.47 Å². The Hall–Kier alpha value is -2.22. The van der Waals surface area contributed by atoms with Crippen LogP contribution in [0.1, 0.15) is 31.1 Å². The van der Waals surface area contributed by atoms with Crippen LogP contribution in [0.4, 0.5) is 0 Å². The molecule has 0 N–H and O–H groups in total. The second kappa shape index (κ2) is 6.69. The van der Waals surface area contributed by atoms with Crippen molar-refractivity contribution in [3.8, 4) is 0 Å². The standard InChI is InChI=1S/C14H16N2O5S/c1-4-20-14(19)9-6-22-12-11(9)13(18)16(7-15-12)5-10(17)21-8(2)3/h6-8H,4-5H2,1-3H3. The molecule has 0 unspecified atom stereocenters. The van der Waals surface area contributed by atoms with Crippen molar-refractivity contribution in [3.63, 3.8) is 0 Å². The van der Waals surface area contributed by atoms with Crippen LogP contribution >= 0.6 is 11.3 Å². The first kappa shape index (κ1) is 16.2. The molecule has 0 spiro atoms. The highest BCUT2D eigenvalue weighted by atomic mass is 32.1. The summed E-state index contributed by atoms with van der Waals surface area (Å²) < 4.78 is 11.1. The van der Waals surface area contributed by atoms with E-state index in [1.165, 1.54) is 23.0 Å². The number of hydrogen-bond acceptors (Lipinski definition) is 7. The summed E-state index contributed by atoms with van der Waals surface area (Å²) in [6.07, 6.45) is 1.01. The van der Waals surface area contributed by atoms with Crippen LogP contribution in [-0.2, 0) is 20.8 Å². The van der Waals surface area contributed by atoms with E-state index in [-0.39, 0.29) is 30.2 Å². The molecule has 0 radical (unpaired) electrons. The number of rotatable bonds is 5. The van der Waals surface area contributed by atoms with E-state index < -0.39 is 17.5 Å². The molecule has 118 valence electrons.